The molecule has 0 aromatic carbocycles. The minimum absolute atomic E-state index is 0.0235. The van der Waals surface area contributed by atoms with Crippen LogP contribution in [0, 0.1) is 0 Å². The lowest BCUT2D eigenvalue weighted by molar-refractivity contribution is -0.133. The molecule has 24 heavy (non-hydrogen) atoms. The average molecular weight is 349 g/mol. The van der Waals surface area contributed by atoms with Crippen LogP contribution in [0.4, 0.5) is 0 Å². The van der Waals surface area contributed by atoms with Gasteiger partial charge in [-0.05, 0) is 11.4 Å². The van der Waals surface area contributed by atoms with E-state index in [9.17, 15) is 4.79 Å². The van der Waals surface area contributed by atoms with Crippen LogP contribution < -0.4 is 0 Å². The van der Waals surface area contributed by atoms with E-state index in [1.165, 1.54) is 4.88 Å². The van der Waals surface area contributed by atoms with Crippen molar-refractivity contribution in [3.63, 3.8) is 0 Å². The standard InChI is InChI=1S/C16H23N5O2S/c1-19(2)15(22)11-23-10-12-7-21(8-13-5-4-6-24-13)9-14-16(12)20(3)18-17-14/h4-6,12H,7-11H2,1-3H3/t12-/m0/s1. The van der Waals surface area contributed by atoms with Crippen molar-refractivity contribution in [1.82, 2.24) is 24.8 Å². The normalized spacial score (nSPS) is 17.7. The van der Waals surface area contributed by atoms with Crippen LogP contribution in [0.25, 0.3) is 0 Å². The number of thiophene rings is 1. The van der Waals surface area contributed by atoms with Crippen LogP contribution in [0.3, 0.4) is 0 Å². The molecular weight excluding hydrogens is 326 g/mol. The van der Waals surface area contributed by atoms with Gasteiger partial charge < -0.3 is 9.64 Å². The Hall–Kier alpha value is -1.77. The minimum atomic E-state index is -0.0235. The van der Waals surface area contributed by atoms with Gasteiger partial charge in [-0.1, -0.05) is 11.3 Å². The Morgan fingerprint density at radius 3 is 3.04 bits per heavy atom. The van der Waals surface area contributed by atoms with Crippen LogP contribution >= 0.6 is 11.3 Å². The van der Waals surface area contributed by atoms with E-state index in [-0.39, 0.29) is 18.4 Å². The van der Waals surface area contributed by atoms with Gasteiger partial charge in [-0.2, -0.15) is 0 Å². The number of hydrogen-bond donors (Lipinski definition) is 0. The maximum absolute atomic E-state index is 11.7. The maximum Gasteiger partial charge on any atom is 0.248 e. The second-order valence-corrected chi connectivity index (χ2v) is 7.33. The summed E-state index contributed by atoms with van der Waals surface area (Å²) in [6.45, 7) is 3.18. The van der Waals surface area contributed by atoms with Gasteiger partial charge in [0.15, 0.2) is 0 Å². The van der Waals surface area contributed by atoms with Crippen molar-refractivity contribution in [2.45, 2.75) is 19.0 Å². The first kappa shape index (κ1) is 17.1. The molecule has 0 aliphatic carbocycles. The summed E-state index contributed by atoms with van der Waals surface area (Å²) < 4.78 is 7.51. The largest absolute Gasteiger partial charge is 0.371 e. The Morgan fingerprint density at radius 1 is 1.50 bits per heavy atom. The Balaban J connectivity index is 1.66. The predicted octanol–water partition coefficient (Wildman–Crippen LogP) is 1.08. The Kier molecular flexibility index (Phi) is 5.27. The van der Waals surface area contributed by atoms with Crippen LogP contribution in [0.2, 0.25) is 0 Å². The summed E-state index contributed by atoms with van der Waals surface area (Å²) in [5.41, 5.74) is 2.13. The molecule has 8 heteroatoms. The van der Waals surface area contributed by atoms with E-state index in [1.54, 1.807) is 30.3 Å². The second kappa shape index (κ2) is 7.42. The zero-order valence-electron chi connectivity index (χ0n) is 14.3. The van der Waals surface area contributed by atoms with E-state index >= 15 is 0 Å². The summed E-state index contributed by atoms with van der Waals surface area (Å²) >= 11 is 1.76. The van der Waals surface area contributed by atoms with E-state index in [0.717, 1.165) is 31.0 Å². The predicted molar refractivity (Wildman–Crippen MR) is 91.7 cm³/mol. The lowest BCUT2D eigenvalue weighted by Crippen LogP contribution is -2.36. The summed E-state index contributed by atoms with van der Waals surface area (Å²) in [4.78, 5) is 16.9. The fraction of sp³-hybridized carbons (Fsp3) is 0.562. The van der Waals surface area contributed by atoms with Gasteiger partial charge in [0.1, 0.15) is 12.3 Å². The summed E-state index contributed by atoms with van der Waals surface area (Å²) in [5.74, 6) is 0.147. The van der Waals surface area contributed by atoms with E-state index in [0.29, 0.717) is 6.61 Å². The van der Waals surface area contributed by atoms with Crippen molar-refractivity contribution in [2.75, 3.05) is 33.9 Å². The molecule has 0 radical (unpaired) electrons. The van der Waals surface area contributed by atoms with Crippen LogP contribution in [-0.2, 0) is 29.7 Å². The molecular formula is C16H23N5O2S. The minimum Gasteiger partial charge on any atom is -0.371 e. The van der Waals surface area contributed by atoms with Crippen molar-refractivity contribution in [1.29, 1.82) is 0 Å². The van der Waals surface area contributed by atoms with E-state index in [2.05, 4.69) is 32.7 Å². The van der Waals surface area contributed by atoms with Crippen molar-refractivity contribution in [2.24, 2.45) is 7.05 Å². The molecule has 130 valence electrons. The van der Waals surface area contributed by atoms with Crippen molar-refractivity contribution in [3.05, 3.63) is 33.8 Å². The number of carbonyl (C=O) groups excluding carboxylic acids is 1. The molecule has 0 fully saturated rings. The fourth-order valence-electron chi connectivity index (χ4n) is 2.99. The smallest absolute Gasteiger partial charge is 0.248 e. The first-order valence-electron chi connectivity index (χ1n) is 7.95. The van der Waals surface area contributed by atoms with E-state index in [4.69, 9.17) is 4.74 Å². The second-order valence-electron chi connectivity index (χ2n) is 6.29. The Morgan fingerprint density at radius 2 is 2.33 bits per heavy atom. The van der Waals surface area contributed by atoms with Crippen LogP contribution in [0.15, 0.2) is 17.5 Å². The molecule has 2 aromatic heterocycles. The highest BCUT2D eigenvalue weighted by molar-refractivity contribution is 7.09. The number of aromatic nitrogens is 3. The average Bonchev–Trinajstić information content (AvgIpc) is 3.17. The summed E-state index contributed by atoms with van der Waals surface area (Å²) in [5, 5.41) is 10.6. The van der Waals surface area contributed by atoms with Crippen LogP contribution in [0.1, 0.15) is 22.2 Å². The summed E-state index contributed by atoms with van der Waals surface area (Å²) in [7, 11) is 5.38. The number of amides is 1. The van der Waals surface area contributed by atoms with Crippen molar-refractivity contribution < 1.29 is 9.53 Å². The first-order valence-corrected chi connectivity index (χ1v) is 8.83. The van der Waals surface area contributed by atoms with Gasteiger partial charge in [0, 0.05) is 51.6 Å². The quantitative estimate of drug-likeness (QED) is 0.781. The third kappa shape index (κ3) is 3.82. The highest BCUT2D eigenvalue weighted by Gasteiger charge is 2.30. The van der Waals surface area contributed by atoms with Gasteiger partial charge in [0.2, 0.25) is 5.91 Å². The molecule has 1 aliphatic rings. The molecule has 0 bridgehead atoms. The fourth-order valence-corrected chi connectivity index (χ4v) is 3.73. The number of fused-ring (bicyclic) bond motifs is 1. The highest BCUT2D eigenvalue weighted by atomic mass is 32.1. The summed E-state index contributed by atoms with van der Waals surface area (Å²) in [6.07, 6.45) is 0. The molecule has 0 N–H and O–H groups in total. The van der Waals surface area contributed by atoms with Gasteiger partial charge in [-0.25, -0.2) is 0 Å². The van der Waals surface area contributed by atoms with Gasteiger partial charge in [0.25, 0.3) is 0 Å². The number of hydrogen-bond acceptors (Lipinski definition) is 6. The molecule has 0 spiro atoms. The molecule has 1 amide bonds. The van der Waals surface area contributed by atoms with Crippen LogP contribution in [-0.4, -0.2) is 64.6 Å². The SMILES string of the molecule is CN(C)C(=O)COC[C@@H]1CN(Cc2cccs2)Cc2nnn(C)c21. The van der Waals surface area contributed by atoms with Gasteiger partial charge in [-0.3, -0.25) is 14.4 Å². The lowest BCUT2D eigenvalue weighted by Gasteiger charge is -2.31. The zero-order valence-corrected chi connectivity index (χ0v) is 15.1. The molecule has 3 rings (SSSR count). The molecule has 1 aliphatic heterocycles. The number of carbonyl (C=O) groups is 1. The van der Waals surface area contributed by atoms with E-state index in [1.807, 2.05) is 11.7 Å². The Bertz CT molecular complexity index is 683. The number of nitrogens with zero attached hydrogens (tertiary/aromatic N) is 5. The topological polar surface area (TPSA) is 63.5 Å². The molecule has 3 heterocycles. The van der Waals surface area contributed by atoms with Gasteiger partial charge in [0.05, 0.1) is 12.3 Å². The lowest BCUT2D eigenvalue weighted by atomic mass is 9.99. The summed E-state index contributed by atoms with van der Waals surface area (Å²) in [6, 6.07) is 4.23. The molecule has 7 nitrogen and oxygen atoms in total. The van der Waals surface area contributed by atoms with Gasteiger partial charge in [-0.15, -0.1) is 16.4 Å². The monoisotopic (exact) mass is 349 g/mol. The number of rotatable bonds is 6. The molecule has 0 saturated carbocycles. The van der Waals surface area contributed by atoms with Crippen molar-refractivity contribution >= 4 is 17.2 Å². The third-order valence-electron chi connectivity index (χ3n) is 4.19. The maximum atomic E-state index is 11.7. The van der Waals surface area contributed by atoms with Crippen LogP contribution in [0.5, 0.6) is 0 Å². The zero-order chi connectivity index (χ0) is 17.1. The molecule has 2 aromatic rings. The first-order chi connectivity index (χ1) is 11.5. The number of ether oxygens (including phenoxy) is 1. The third-order valence-corrected chi connectivity index (χ3v) is 5.05. The Labute approximate surface area is 145 Å². The number of likely N-dealkylation sites (N-methyl/N-ethyl adjacent to an activating group) is 1. The molecule has 0 saturated heterocycles. The molecule has 0 unspecified atom stereocenters. The van der Waals surface area contributed by atoms with Gasteiger partial charge >= 0.3 is 0 Å². The molecule has 1 atom stereocenters. The number of aryl methyl sites for hydroxylation is 1. The van der Waals surface area contributed by atoms with Crippen molar-refractivity contribution in [3.8, 4) is 0 Å². The highest BCUT2D eigenvalue weighted by Crippen LogP contribution is 2.28. The van der Waals surface area contributed by atoms with E-state index < -0.39 is 0 Å².